The van der Waals surface area contributed by atoms with E-state index in [1.165, 1.54) is 16.8 Å². The zero-order valence-electron chi connectivity index (χ0n) is 17.5. The number of hydrogen-bond acceptors (Lipinski definition) is 6. The molecular weight excluding hydrogens is 427 g/mol. The summed E-state index contributed by atoms with van der Waals surface area (Å²) in [5.74, 6) is -0.851. The minimum atomic E-state index is -0.984. The van der Waals surface area contributed by atoms with Gasteiger partial charge >= 0.3 is 5.97 Å². The summed E-state index contributed by atoms with van der Waals surface area (Å²) < 4.78 is 22.9. The van der Waals surface area contributed by atoms with Gasteiger partial charge in [-0.25, -0.2) is 14.1 Å². The lowest BCUT2D eigenvalue weighted by atomic mass is 10.1. The van der Waals surface area contributed by atoms with E-state index < -0.39 is 12.1 Å². The molecular formula is C23H19FN6O3. The van der Waals surface area contributed by atoms with E-state index in [-0.39, 0.29) is 18.2 Å². The number of aromatic nitrogens is 5. The molecule has 1 atom stereocenters. The van der Waals surface area contributed by atoms with Gasteiger partial charge in [-0.15, -0.1) is 0 Å². The molecule has 0 fully saturated rings. The number of aliphatic carboxylic acids is 1. The van der Waals surface area contributed by atoms with Crippen LogP contribution >= 0.6 is 0 Å². The topological polar surface area (TPSA) is 121 Å². The highest BCUT2D eigenvalue weighted by atomic mass is 19.1. The number of pyridine rings is 1. The summed E-state index contributed by atoms with van der Waals surface area (Å²) in [6.07, 6.45) is 4.63. The van der Waals surface area contributed by atoms with Gasteiger partial charge in [-0.3, -0.25) is 9.48 Å². The monoisotopic (exact) mass is 446 g/mol. The van der Waals surface area contributed by atoms with E-state index in [4.69, 9.17) is 15.6 Å². The number of carboxylic acid groups (broad SMARTS) is 1. The number of carboxylic acids is 1. The fourth-order valence-corrected chi connectivity index (χ4v) is 3.77. The maximum Gasteiger partial charge on any atom is 0.325 e. The van der Waals surface area contributed by atoms with Crippen molar-refractivity contribution < 1.29 is 19.0 Å². The molecule has 0 saturated heterocycles. The van der Waals surface area contributed by atoms with E-state index in [0.29, 0.717) is 22.2 Å². The van der Waals surface area contributed by atoms with Crippen molar-refractivity contribution in [3.05, 3.63) is 72.4 Å². The number of benzene rings is 2. The second kappa shape index (κ2) is 7.90. The molecule has 10 heteroatoms. The lowest BCUT2D eigenvalue weighted by Gasteiger charge is -2.19. The molecule has 2 aromatic carbocycles. The van der Waals surface area contributed by atoms with Gasteiger partial charge in [-0.2, -0.15) is 10.2 Å². The van der Waals surface area contributed by atoms with E-state index in [1.807, 2.05) is 19.1 Å². The Morgan fingerprint density at radius 1 is 1.21 bits per heavy atom. The smallest absolute Gasteiger partial charge is 0.325 e. The Hall–Kier alpha value is -4.47. The number of ether oxygens (including phenoxy) is 1. The molecule has 0 spiro atoms. The normalized spacial score (nSPS) is 12.3. The summed E-state index contributed by atoms with van der Waals surface area (Å²) in [7, 11) is 0. The highest BCUT2D eigenvalue weighted by molar-refractivity contribution is 5.84. The van der Waals surface area contributed by atoms with Crippen molar-refractivity contribution in [1.29, 1.82) is 0 Å². The van der Waals surface area contributed by atoms with Crippen LogP contribution in [0.1, 0.15) is 18.6 Å². The molecule has 0 aliphatic carbocycles. The number of halogens is 1. The number of hydrogen-bond donors (Lipinski definition) is 2. The van der Waals surface area contributed by atoms with Gasteiger partial charge in [0.1, 0.15) is 18.5 Å². The van der Waals surface area contributed by atoms with Crippen LogP contribution < -0.4 is 10.5 Å². The lowest BCUT2D eigenvalue weighted by Crippen LogP contribution is -2.10. The first-order chi connectivity index (χ1) is 15.9. The molecule has 166 valence electrons. The first-order valence-corrected chi connectivity index (χ1v) is 10.1. The summed E-state index contributed by atoms with van der Waals surface area (Å²) >= 11 is 0. The predicted octanol–water partition coefficient (Wildman–Crippen LogP) is 3.72. The van der Waals surface area contributed by atoms with Crippen LogP contribution in [0.15, 0.2) is 61.1 Å². The zero-order valence-corrected chi connectivity index (χ0v) is 17.5. The molecule has 3 aromatic heterocycles. The number of anilines is 1. The first kappa shape index (κ1) is 20.4. The standard InChI is InChI=1S/C23H19FN6O3/c1-13(33-21-9-14-7-16(24)3-4-18(14)27-23(21)25)17-10-19-15(11-29(28-19)12-22(31)32)8-20(17)30-6-2-5-26-30/h2-11,13H,12H2,1H3,(H2,25,27)(H,31,32). The van der Waals surface area contributed by atoms with Crippen LogP contribution in [0.4, 0.5) is 10.2 Å². The maximum atomic E-state index is 13.7. The van der Waals surface area contributed by atoms with Gasteiger partial charge in [0.15, 0.2) is 11.6 Å². The third kappa shape index (κ3) is 3.93. The van der Waals surface area contributed by atoms with Crippen molar-refractivity contribution >= 4 is 33.6 Å². The van der Waals surface area contributed by atoms with Crippen molar-refractivity contribution in [3.8, 4) is 11.4 Å². The average Bonchev–Trinajstić information content (AvgIpc) is 3.42. The Morgan fingerprint density at radius 3 is 2.82 bits per heavy atom. The molecule has 3 N–H and O–H groups in total. The van der Waals surface area contributed by atoms with Gasteiger partial charge in [-0.05, 0) is 49.4 Å². The number of rotatable bonds is 6. The Bertz CT molecular complexity index is 1500. The average molecular weight is 446 g/mol. The Balaban J connectivity index is 1.57. The SMILES string of the molecule is CC(Oc1cc2cc(F)ccc2nc1N)c1cc2nn(CC(=O)O)cc2cc1-n1cccn1. The van der Waals surface area contributed by atoms with Gasteiger partial charge in [0.25, 0.3) is 0 Å². The molecule has 5 aromatic rings. The Labute approximate surface area is 186 Å². The van der Waals surface area contributed by atoms with Gasteiger partial charge in [-0.1, -0.05) is 0 Å². The van der Waals surface area contributed by atoms with Crippen LogP contribution in [0.3, 0.4) is 0 Å². The second-order valence-electron chi connectivity index (χ2n) is 7.61. The summed E-state index contributed by atoms with van der Waals surface area (Å²) in [4.78, 5) is 15.4. The molecule has 0 aliphatic heterocycles. The van der Waals surface area contributed by atoms with Crippen molar-refractivity contribution in [3.63, 3.8) is 0 Å². The molecule has 33 heavy (non-hydrogen) atoms. The highest BCUT2D eigenvalue weighted by Crippen LogP contribution is 2.33. The largest absolute Gasteiger partial charge is 0.482 e. The van der Waals surface area contributed by atoms with Crippen LogP contribution in [0, 0.1) is 5.82 Å². The summed E-state index contributed by atoms with van der Waals surface area (Å²) in [6.45, 7) is 1.60. The Kier molecular flexibility index (Phi) is 4.89. The van der Waals surface area contributed by atoms with Gasteiger partial charge in [0, 0.05) is 34.9 Å². The Morgan fingerprint density at radius 2 is 2.06 bits per heavy atom. The number of carbonyl (C=O) groups is 1. The summed E-state index contributed by atoms with van der Waals surface area (Å²) in [6, 6.07) is 11.4. The van der Waals surface area contributed by atoms with Crippen LogP contribution in [0.5, 0.6) is 5.75 Å². The lowest BCUT2D eigenvalue weighted by molar-refractivity contribution is -0.137. The van der Waals surface area contributed by atoms with Crippen molar-refractivity contribution in [2.24, 2.45) is 0 Å². The fraction of sp³-hybridized carbons (Fsp3) is 0.130. The second-order valence-corrected chi connectivity index (χ2v) is 7.61. The van der Waals surface area contributed by atoms with E-state index in [2.05, 4.69) is 15.2 Å². The number of fused-ring (bicyclic) bond motifs is 2. The van der Waals surface area contributed by atoms with Gasteiger partial charge < -0.3 is 15.6 Å². The molecule has 0 radical (unpaired) electrons. The quantitative estimate of drug-likeness (QED) is 0.408. The molecule has 3 heterocycles. The third-order valence-corrected chi connectivity index (χ3v) is 5.26. The van der Waals surface area contributed by atoms with E-state index in [0.717, 1.165) is 16.6 Å². The zero-order chi connectivity index (χ0) is 23.1. The number of nitrogens with zero attached hydrogens (tertiary/aromatic N) is 5. The van der Waals surface area contributed by atoms with Gasteiger partial charge in [0.05, 0.1) is 16.7 Å². The van der Waals surface area contributed by atoms with E-state index >= 15 is 0 Å². The highest BCUT2D eigenvalue weighted by Gasteiger charge is 2.19. The first-order valence-electron chi connectivity index (χ1n) is 10.1. The van der Waals surface area contributed by atoms with Crippen LogP contribution in [0.25, 0.3) is 27.5 Å². The van der Waals surface area contributed by atoms with E-state index in [9.17, 15) is 9.18 Å². The van der Waals surface area contributed by atoms with Crippen LogP contribution in [-0.4, -0.2) is 35.6 Å². The van der Waals surface area contributed by atoms with Crippen molar-refractivity contribution in [2.75, 3.05) is 5.73 Å². The fourth-order valence-electron chi connectivity index (χ4n) is 3.77. The minimum absolute atomic E-state index is 0.188. The minimum Gasteiger partial charge on any atom is -0.482 e. The molecule has 0 saturated carbocycles. The molecule has 1 unspecified atom stereocenters. The summed E-state index contributed by atoms with van der Waals surface area (Å²) in [5, 5.41) is 19.1. The predicted molar refractivity (Wildman–Crippen MR) is 120 cm³/mol. The van der Waals surface area contributed by atoms with E-state index in [1.54, 1.807) is 41.5 Å². The number of nitrogen functional groups attached to an aromatic ring is 1. The molecule has 0 bridgehead atoms. The van der Waals surface area contributed by atoms with Crippen molar-refractivity contribution in [1.82, 2.24) is 24.5 Å². The molecule has 9 nitrogen and oxygen atoms in total. The molecule has 5 rings (SSSR count). The molecule has 0 amide bonds. The van der Waals surface area contributed by atoms with Gasteiger partial charge in [0.2, 0.25) is 0 Å². The molecule has 0 aliphatic rings. The van der Waals surface area contributed by atoms with Crippen LogP contribution in [0.2, 0.25) is 0 Å². The van der Waals surface area contributed by atoms with Crippen molar-refractivity contribution in [2.45, 2.75) is 19.6 Å². The maximum absolute atomic E-state index is 13.7. The summed E-state index contributed by atoms with van der Waals surface area (Å²) in [5.41, 5.74) is 8.79. The third-order valence-electron chi connectivity index (χ3n) is 5.26. The van der Waals surface area contributed by atoms with Crippen LogP contribution in [-0.2, 0) is 11.3 Å². The number of nitrogens with two attached hydrogens (primary N) is 1.